The number of anilines is 1. The lowest BCUT2D eigenvalue weighted by Crippen LogP contribution is -2.45. The van der Waals surface area contributed by atoms with E-state index in [0.717, 1.165) is 6.42 Å². The van der Waals surface area contributed by atoms with Gasteiger partial charge in [0, 0.05) is 18.9 Å². The second kappa shape index (κ2) is 13.8. The molecule has 1 atom stereocenters. The molecule has 5 rings (SSSR count). The van der Waals surface area contributed by atoms with Gasteiger partial charge in [-0.1, -0.05) is 48.9 Å². The summed E-state index contributed by atoms with van der Waals surface area (Å²) in [6, 6.07) is 8.63. The number of hydrogen-bond acceptors (Lipinski definition) is 8. The fourth-order valence-corrected chi connectivity index (χ4v) is 5.34. The van der Waals surface area contributed by atoms with Crippen molar-refractivity contribution in [3.8, 4) is 11.6 Å². The number of nitrogens with zero attached hydrogens (tertiary/aromatic N) is 4. The minimum atomic E-state index is -5.13. The zero-order valence-electron chi connectivity index (χ0n) is 27.0. The number of amides is 2. The third-order valence-electron chi connectivity index (χ3n) is 8.05. The predicted molar refractivity (Wildman–Crippen MR) is 162 cm³/mol. The standard InChI is InChI=1S/C33H35F6N5O5/c1-30(2,3)49-29(46)41-23-17-22(32(34,35)36)24-18-44(27(45)21-13-10-14-21)16-9-5-8-15-31(33(37,38)39,47-19-20-11-6-4-7-12-20)28-43-42-26(48-28)25(23)40-24/h4-8,11-12,17,21H,9-10,13-16,18-19H2,1-3H3,(H,41,46). The molecule has 1 aliphatic heterocycles. The molecule has 0 saturated heterocycles. The number of aromatic nitrogens is 3. The van der Waals surface area contributed by atoms with Crippen molar-refractivity contribution in [1.82, 2.24) is 20.1 Å². The van der Waals surface area contributed by atoms with Gasteiger partial charge in [0.2, 0.25) is 11.5 Å². The van der Waals surface area contributed by atoms with Crippen LogP contribution in [0.1, 0.15) is 75.6 Å². The van der Waals surface area contributed by atoms with Gasteiger partial charge in [-0.05, 0) is 51.7 Å². The monoisotopic (exact) mass is 695 g/mol. The molecule has 0 radical (unpaired) electrons. The average molecular weight is 696 g/mol. The van der Waals surface area contributed by atoms with E-state index in [2.05, 4.69) is 20.5 Å². The molecule has 16 heteroatoms. The number of alkyl halides is 6. The van der Waals surface area contributed by atoms with Crippen LogP contribution in [0, 0.1) is 5.92 Å². The van der Waals surface area contributed by atoms with Gasteiger partial charge in [-0.25, -0.2) is 9.78 Å². The van der Waals surface area contributed by atoms with Crippen LogP contribution in [0.15, 0.2) is 53.0 Å². The molecule has 1 aliphatic carbocycles. The molecule has 1 aromatic carbocycles. The maximum absolute atomic E-state index is 15.1. The van der Waals surface area contributed by atoms with Gasteiger partial charge in [0.05, 0.1) is 30.1 Å². The van der Waals surface area contributed by atoms with Crippen LogP contribution in [0.3, 0.4) is 0 Å². The highest BCUT2D eigenvalue weighted by molar-refractivity contribution is 5.89. The van der Waals surface area contributed by atoms with E-state index in [1.807, 2.05) is 0 Å². The molecule has 1 unspecified atom stereocenters. The number of hydrogen-bond donors (Lipinski definition) is 1. The normalized spacial score (nSPS) is 19.2. The summed E-state index contributed by atoms with van der Waals surface area (Å²) in [5.74, 6) is -2.55. The van der Waals surface area contributed by atoms with Crippen molar-refractivity contribution >= 4 is 17.7 Å². The maximum atomic E-state index is 15.1. The fourth-order valence-electron chi connectivity index (χ4n) is 5.34. The SMILES string of the molecule is CC(C)(C)OC(=O)Nc1cc(C(F)(F)F)c2nc1-c1nnc(o1)C(OCc1ccccc1)(C(F)(F)F)CC=CCCN(C(=O)C1CCC1)C2. The number of pyridine rings is 1. The summed E-state index contributed by atoms with van der Waals surface area (Å²) in [6.45, 7) is 3.39. The molecule has 2 aromatic heterocycles. The summed E-state index contributed by atoms with van der Waals surface area (Å²) in [6.07, 6.45) is -7.60. The van der Waals surface area contributed by atoms with Crippen molar-refractivity contribution in [2.75, 3.05) is 11.9 Å². The zero-order valence-corrected chi connectivity index (χ0v) is 27.0. The highest BCUT2D eigenvalue weighted by atomic mass is 19.4. The largest absolute Gasteiger partial charge is 0.444 e. The molecule has 1 saturated carbocycles. The molecule has 1 N–H and O–H groups in total. The first kappa shape index (κ1) is 35.8. The van der Waals surface area contributed by atoms with Crippen LogP contribution in [0.25, 0.3) is 11.6 Å². The van der Waals surface area contributed by atoms with Gasteiger partial charge in [-0.3, -0.25) is 10.1 Å². The van der Waals surface area contributed by atoms with Crippen LogP contribution < -0.4 is 5.32 Å². The molecular weight excluding hydrogens is 660 g/mol. The molecule has 1 fully saturated rings. The lowest BCUT2D eigenvalue weighted by Gasteiger charge is -2.32. The number of carbonyl (C=O) groups is 2. The van der Waals surface area contributed by atoms with Crippen molar-refractivity contribution in [3.63, 3.8) is 0 Å². The molecule has 264 valence electrons. The topological polar surface area (TPSA) is 120 Å². The van der Waals surface area contributed by atoms with Crippen molar-refractivity contribution in [1.29, 1.82) is 0 Å². The van der Waals surface area contributed by atoms with Gasteiger partial charge >= 0.3 is 18.4 Å². The highest BCUT2D eigenvalue weighted by Gasteiger charge is 2.61. The third kappa shape index (κ3) is 8.23. The number of benzene rings is 1. The van der Waals surface area contributed by atoms with E-state index >= 15 is 13.2 Å². The Hall–Kier alpha value is -4.47. The maximum Gasteiger partial charge on any atom is 0.426 e. The summed E-state index contributed by atoms with van der Waals surface area (Å²) in [7, 11) is 0. The number of rotatable bonds is 5. The van der Waals surface area contributed by atoms with E-state index in [-0.39, 0.29) is 13.0 Å². The van der Waals surface area contributed by atoms with E-state index in [4.69, 9.17) is 13.9 Å². The molecule has 3 heterocycles. The van der Waals surface area contributed by atoms with Crippen molar-refractivity contribution in [2.24, 2.45) is 5.92 Å². The summed E-state index contributed by atoms with van der Waals surface area (Å²) in [5.41, 5.74) is -6.93. The van der Waals surface area contributed by atoms with Gasteiger partial charge in [-0.15, -0.1) is 10.2 Å². The Bertz CT molecular complexity index is 1680. The summed E-state index contributed by atoms with van der Waals surface area (Å²) in [4.78, 5) is 31.5. The summed E-state index contributed by atoms with van der Waals surface area (Å²) < 4.78 is 105. The van der Waals surface area contributed by atoms with Crippen LogP contribution in [-0.4, -0.2) is 50.4 Å². The van der Waals surface area contributed by atoms with Gasteiger partial charge in [0.25, 0.3) is 11.8 Å². The van der Waals surface area contributed by atoms with Crippen LogP contribution in [0.2, 0.25) is 0 Å². The Balaban J connectivity index is 1.69. The van der Waals surface area contributed by atoms with E-state index in [1.54, 1.807) is 30.3 Å². The number of halogens is 6. The first-order valence-corrected chi connectivity index (χ1v) is 15.6. The second-order valence-corrected chi connectivity index (χ2v) is 12.9. The number of nitrogens with one attached hydrogen (secondary N) is 1. The van der Waals surface area contributed by atoms with E-state index < -0.39 is 95.5 Å². The Morgan fingerprint density at radius 2 is 1.76 bits per heavy atom. The predicted octanol–water partition coefficient (Wildman–Crippen LogP) is 7.95. The van der Waals surface area contributed by atoms with Gasteiger partial charge in [-0.2, -0.15) is 26.3 Å². The third-order valence-corrected chi connectivity index (χ3v) is 8.05. The van der Waals surface area contributed by atoms with E-state index in [0.29, 0.717) is 24.5 Å². The molecule has 10 nitrogen and oxygen atoms in total. The first-order chi connectivity index (χ1) is 23.0. The quantitative estimate of drug-likeness (QED) is 0.211. The fraction of sp³-hybridized carbons (Fsp3) is 0.485. The number of carbonyl (C=O) groups excluding carboxylic acids is 2. The first-order valence-electron chi connectivity index (χ1n) is 15.6. The molecular formula is C33H35F6N5O5. The minimum absolute atomic E-state index is 0.0205. The van der Waals surface area contributed by atoms with Crippen LogP contribution in [0.4, 0.5) is 36.8 Å². The number of ether oxygens (including phenoxy) is 2. The smallest absolute Gasteiger partial charge is 0.426 e. The Kier molecular flexibility index (Phi) is 10.1. The van der Waals surface area contributed by atoms with Crippen molar-refractivity contribution in [2.45, 2.75) is 89.6 Å². The molecule has 4 bridgehead atoms. The average Bonchev–Trinajstić information content (AvgIpc) is 3.45. The van der Waals surface area contributed by atoms with E-state index in [9.17, 15) is 22.8 Å². The van der Waals surface area contributed by atoms with Gasteiger partial charge in [0.1, 0.15) is 5.60 Å². The highest BCUT2D eigenvalue weighted by Crippen LogP contribution is 2.47. The summed E-state index contributed by atoms with van der Waals surface area (Å²) in [5, 5.41) is 9.61. The van der Waals surface area contributed by atoms with E-state index in [1.165, 1.54) is 37.8 Å². The van der Waals surface area contributed by atoms with Crippen LogP contribution in [0.5, 0.6) is 0 Å². The Morgan fingerprint density at radius 3 is 2.37 bits per heavy atom. The number of fused-ring (bicyclic) bond motifs is 5. The van der Waals surface area contributed by atoms with Crippen LogP contribution >= 0.6 is 0 Å². The molecule has 2 aliphatic rings. The molecule has 49 heavy (non-hydrogen) atoms. The second-order valence-electron chi connectivity index (χ2n) is 12.9. The zero-order chi connectivity index (χ0) is 35.6. The minimum Gasteiger partial charge on any atom is -0.444 e. The van der Waals surface area contributed by atoms with Gasteiger partial charge in [0.15, 0.2) is 5.69 Å². The molecule has 0 spiro atoms. The molecule has 2 amide bonds. The van der Waals surface area contributed by atoms with Crippen molar-refractivity contribution in [3.05, 3.63) is 71.3 Å². The van der Waals surface area contributed by atoms with Gasteiger partial charge < -0.3 is 18.8 Å². The lowest BCUT2D eigenvalue weighted by molar-refractivity contribution is -0.295. The van der Waals surface area contributed by atoms with Crippen LogP contribution in [-0.2, 0) is 39.2 Å². The van der Waals surface area contributed by atoms with Crippen molar-refractivity contribution < 1.29 is 49.8 Å². The lowest BCUT2D eigenvalue weighted by atomic mass is 9.84. The summed E-state index contributed by atoms with van der Waals surface area (Å²) >= 11 is 0. The Morgan fingerprint density at radius 1 is 1.04 bits per heavy atom. The molecule has 3 aromatic rings. The Labute approximate surface area is 277 Å².